The van der Waals surface area contributed by atoms with Crippen LogP contribution in [0.2, 0.25) is 0 Å². The number of nitrogen functional groups attached to an aromatic ring is 1. The summed E-state index contributed by atoms with van der Waals surface area (Å²) in [5.74, 6) is 0.318. The first-order chi connectivity index (χ1) is 9.24. The van der Waals surface area contributed by atoms with Crippen molar-refractivity contribution in [3.63, 3.8) is 0 Å². The van der Waals surface area contributed by atoms with Crippen LogP contribution in [-0.4, -0.2) is 18.2 Å². The van der Waals surface area contributed by atoms with Gasteiger partial charge < -0.3 is 16.2 Å². The Balaban J connectivity index is 1.66. The molecule has 0 amide bonds. The number of hydrogen-bond acceptors (Lipinski definition) is 3. The number of aromatic hydroxyl groups is 1. The monoisotopic (exact) mass is 256 g/mol. The summed E-state index contributed by atoms with van der Waals surface area (Å²) in [5, 5.41) is 12.6. The van der Waals surface area contributed by atoms with Gasteiger partial charge in [0, 0.05) is 5.69 Å². The summed E-state index contributed by atoms with van der Waals surface area (Å²) in [7, 11) is 0. The van der Waals surface area contributed by atoms with Gasteiger partial charge >= 0.3 is 0 Å². The van der Waals surface area contributed by atoms with Crippen molar-refractivity contribution >= 4 is 5.69 Å². The van der Waals surface area contributed by atoms with Gasteiger partial charge in [-0.25, -0.2) is 0 Å². The molecule has 19 heavy (non-hydrogen) atoms. The molecule has 100 valence electrons. The van der Waals surface area contributed by atoms with E-state index < -0.39 is 0 Å². The molecule has 0 fully saturated rings. The molecule has 3 nitrogen and oxygen atoms in total. The number of phenolic OH excluding ortho intramolecular Hbond substituents is 1. The van der Waals surface area contributed by atoms with E-state index in [0.29, 0.717) is 5.75 Å². The number of phenols is 1. The summed E-state index contributed by atoms with van der Waals surface area (Å²) < 4.78 is 0. The molecule has 0 spiro atoms. The lowest BCUT2D eigenvalue weighted by Crippen LogP contribution is -2.20. The van der Waals surface area contributed by atoms with Crippen LogP contribution >= 0.6 is 0 Å². The Morgan fingerprint density at radius 3 is 2.26 bits per heavy atom. The fourth-order valence-corrected chi connectivity index (χ4v) is 2.00. The molecule has 0 saturated carbocycles. The molecule has 0 aliphatic heterocycles. The summed E-state index contributed by atoms with van der Waals surface area (Å²) >= 11 is 0. The molecule has 0 unspecified atom stereocenters. The van der Waals surface area contributed by atoms with E-state index in [-0.39, 0.29) is 0 Å². The molecule has 3 heteroatoms. The van der Waals surface area contributed by atoms with E-state index in [2.05, 4.69) is 11.4 Å². The molecule has 0 atom stereocenters. The van der Waals surface area contributed by atoms with Crippen LogP contribution in [0.4, 0.5) is 5.69 Å². The zero-order valence-electron chi connectivity index (χ0n) is 11.0. The second-order valence-electron chi connectivity index (χ2n) is 4.66. The van der Waals surface area contributed by atoms with Crippen molar-refractivity contribution in [3.05, 3.63) is 59.7 Å². The molecule has 0 saturated heterocycles. The standard InChI is InChI=1S/C16H20N2O/c17-15-3-1-2-14(12-15)9-11-18-10-8-13-4-6-16(19)7-5-13/h1-7,12,18-19H,8-11,17H2. The van der Waals surface area contributed by atoms with Gasteiger partial charge in [0.1, 0.15) is 5.75 Å². The first-order valence-electron chi connectivity index (χ1n) is 6.57. The van der Waals surface area contributed by atoms with Crippen molar-refractivity contribution in [3.8, 4) is 5.75 Å². The van der Waals surface area contributed by atoms with Gasteiger partial charge in [0.25, 0.3) is 0 Å². The number of nitrogens with one attached hydrogen (secondary N) is 1. The molecule has 4 N–H and O–H groups in total. The summed E-state index contributed by atoms with van der Waals surface area (Å²) in [6.45, 7) is 1.88. The second-order valence-corrected chi connectivity index (χ2v) is 4.66. The minimum absolute atomic E-state index is 0.318. The highest BCUT2D eigenvalue weighted by Gasteiger charge is 1.95. The average molecular weight is 256 g/mol. The Labute approximate surface area is 114 Å². The van der Waals surface area contributed by atoms with Crippen LogP contribution < -0.4 is 11.1 Å². The predicted molar refractivity (Wildman–Crippen MR) is 79.2 cm³/mol. The zero-order chi connectivity index (χ0) is 13.5. The van der Waals surface area contributed by atoms with Crippen molar-refractivity contribution in [1.82, 2.24) is 5.32 Å². The summed E-state index contributed by atoms with van der Waals surface area (Å²) in [5.41, 5.74) is 9.05. The van der Waals surface area contributed by atoms with E-state index in [1.807, 2.05) is 30.3 Å². The lowest BCUT2D eigenvalue weighted by Gasteiger charge is -2.06. The molecule has 2 aromatic rings. The van der Waals surface area contributed by atoms with Gasteiger partial charge in [-0.2, -0.15) is 0 Å². The normalized spacial score (nSPS) is 10.5. The molecule has 0 aromatic heterocycles. The van der Waals surface area contributed by atoms with Crippen LogP contribution in [0.3, 0.4) is 0 Å². The molecule has 2 aromatic carbocycles. The largest absolute Gasteiger partial charge is 0.508 e. The van der Waals surface area contributed by atoms with E-state index >= 15 is 0 Å². The molecule has 0 aliphatic rings. The smallest absolute Gasteiger partial charge is 0.115 e. The Kier molecular flexibility index (Phi) is 4.81. The van der Waals surface area contributed by atoms with Crippen LogP contribution in [0.15, 0.2) is 48.5 Å². The second kappa shape index (κ2) is 6.81. The highest BCUT2D eigenvalue weighted by atomic mass is 16.3. The highest BCUT2D eigenvalue weighted by Crippen LogP contribution is 2.09. The van der Waals surface area contributed by atoms with Gasteiger partial charge in [-0.1, -0.05) is 24.3 Å². The van der Waals surface area contributed by atoms with E-state index in [0.717, 1.165) is 31.6 Å². The third kappa shape index (κ3) is 4.64. The van der Waals surface area contributed by atoms with Gasteiger partial charge in [0.05, 0.1) is 0 Å². The summed E-state index contributed by atoms with van der Waals surface area (Å²) in [4.78, 5) is 0. The van der Waals surface area contributed by atoms with Gasteiger partial charge in [0.15, 0.2) is 0 Å². The number of hydrogen-bond donors (Lipinski definition) is 3. The third-order valence-electron chi connectivity index (χ3n) is 3.07. The van der Waals surface area contributed by atoms with Gasteiger partial charge in [-0.05, 0) is 61.3 Å². The van der Waals surface area contributed by atoms with Crippen molar-refractivity contribution in [2.75, 3.05) is 18.8 Å². The Hall–Kier alpha value is -2.00. The first kappa shape index (κ1) is 13.4. The minimum atomic E-state index is 0.318. The van der Waals surface area contributed by atoms with Crippen molar-refractivity contribution < 1.29 is 5.11 Å². The van der Waals surface area contributed by atoms with Gasteiger partial charge in [0.2, 0.25) is 0 Å². The summed E-state index contributed by atoms with van der Waals surface area (Å²) in [6.07, 6.45) is 1.96. The maximum Gasteiger partial charge on any atom is 0.115 e. The van der Waals surface area contributed by atoms with Crippen molar-refractivity contribution in [2.24, 2.45) is 0 Å². The van der Waals surface area contributed by atoms with Crippen LogP contribution in [0.1, 0.15) is 11.1 Å². The number of rotatable bonds is 6. The fourth-order valence-electron chi connectivity index (χ4n) is 2.00. The van der Waals surface area contributed by atoms with Crippen LogP contribution in [0.25, 0.3) is 0 Å². The Morgan fingerprint density at radius 2 is 1.58 bits per heavy atom. The van der Waals surface area contributed by atoms with E-state index in [9.17, 15) is 5.11 Å². The highest BCUT2D eigenvalue weighted by molar-refractivity contribution is 5.40. The maximum absolute atomic E-state index is 9.19. The number of benzene rings is 2. The Morgan fingerprint density at radius 1 is 0.895 bits per heavy atom. The SMILES string of the molecule is Nc1cccc(CCNCCc2ccc(O)cc2)c1. The lowest BCUT2D eigenvalue weighted by atomic mass is 10.1. The topological polar surface area (TPSA) is 58.3 Å². The quantitative estimate of drug-likeness (QED) is 0.549. The van der Waals surface area contributed by atoms with E-state index in [4.69, 9.17) is 5.73 Å². The molecule has 0 bridgehead atoms. The number of nitrogens with two attached hydrogens (primary N) is 1. The van der Waals surface area contributed by atoms with Crippen LogP contribution in [0.5, 0.6) is 5.75 Å². The molecule has 2 rings (SSSR count). The van der Waals surface area contributed by atoms with Crippen molar-refractivity contribution in [2.45, 2.75) is 12.8 Å². The van der Waals surface area contributed by atoms with E-state index in [1.165, 1.54) is 11.1 Å². The molecular formula is C16H20N2O. The number of anilines is 1. The third-order valence-corrected chi connectivity index (χ3v) is 3.07. The summed E-state index contributed by atoms with van der Waals surface area (Å²) in [6, 6.07) is 15.4. The molecule has 0 heterocycles. The van der Waals surface area contributed by atoms with Crippen LogP contribution in [0, 0.1) is 0 Å². The van der Waals surface area contributed by atoms with Gasteiger partial charge in [-0.15, -0.1) is 0 Å². The molecular weight excluding hydrogens is 236 g/mol. The van der Waals surface area contributed by atoms with E-state index in [1.54, 1.807) is 12.1 Å². The molecule has 0 radical (unpaired) electrons. The zero-order valence-corrected chi connectivity index (χ0v) is 11.0. The molecule has 0 aliphatic carbocycles. The van der Waals surface area contributed by atoms with Crippen molar-refractivity contribution in [1.29, 1.82) is 0 Å². The maximum atomic E-state index is 9.19. The first-order valence-corrected chi connectivity index (χ1v) is 6.57. The fraction of sp³-hybridized carbons (Fsp3) is 0.250. The predicted octanol–water partition coefficient (Wildman–Crippen LogP) is 2.35. The average Bonchev–Trinajstić information content (AvgIpc) is 2.41. The minimum Gasteiger partial charge on any atom is -0.508 e. The van der Waals surface area contributed by atoms with Crippen LogP contribution in [-0.2, 0) is 12.8 Å². The Bertz CT molecular complexity index is 508. The van der Waals surface area contributed by atoms with Gasteiger partial charge in [-0.3, -0.25) is 0 Å². The lowest BCUT2D eigenvalue weighted by molar-refractivity contribution is 0.475.